The maximum atomic E-state index is 12.6. The first-order chi connectivity index (χ1) is 13.6. The fourth-order valence-corrected chi connectivity index (χ4v) is 3.93. The Hall–Kier alpha value is -2.82. The number of fused-ring (bicyclic) bond motifs is 2. The van der Waals surface area contributed by atoms with Gasteiger partial charge in [0.25, 0.3) is 0 Å². The molecular formula is C23H27N3O2. The van der Waals surface area contributed by atoms with Gasteiger partial charge in [0.1, 0.15) is 11.6 Å². The molecule has 1 aliphatic rings. The third-order valence-corrected chi connectivity index (χ3v) is 5.28. The Morgan fingerprint density at radius 2 is 2.00 bits per heavy atom. The van der Waals surface area contributed by atoms with Crippen LogP contribution in [0.5, 0.6) is 5.75 Å². The van der Waals surface area contributed by atoms with Gasteiger partial charge < -0.3 is 14.6 Å². The zero-order valence-corrected chi connectivity index (χ0v) is 16.5. The zero-order valence-electron chi connectivity index (χ0n) is 16.5. The molecule has 0 unspecified atom stereocenters. The van der Waals surface area contributed by atoms with E-state index in [-0.39, 0.29) is 11.9 Å². The molecule has 0 aliphatic carbocycles. The van der Waals surface area contributed by atoms with Gasteiger partial charge >= 0.3 is 0 Å². The lowest BCUT2D eigenvalue weighted by Crippen LogP contribution is -2.32. The Morgan fingerprint density at radius 1 is 1.21 bits per heavy atom. The number of nitrogens with one attached hydrogen (secondary N) is 1. The van der Waals surface area contributed by atoms with E-state index in [4.69, 9.17) is 9.72 Å². The lowest BCUT2D eigenvalue weighted by molar-refractivity contribution is -0.122. The van der Waals surface area contributed by atoms with Gasteiger partial charge in [-0.05, 0) is 24.6 Å². The number of amides is 1. The number of hydrogen-bond acceptors (Lipinski definition) is 3. The van der Waals surface area contributed by atoms with Gasteiger partial charge in [-0.1, -0.05) is 44.2 Å². The maximum Gasteiger partial charge on any atom is 0.220 e. The molecule has 0 radical (unpaired) electrons. The van der Waals surface area contributed by atoms with Crippen molar-refractivity contribution in [1.82, 2.24) is 14.9 Å². The molecule has 2 heterocycles. The average molecular weight is 377 g/mol. The fourth-order valence-electron chi connectivity index (χ4n) is 3.93. The van der Waals surface area contributed by atoms with E-state index in [9.17, 15) is 4.79 Å². The number of aromatic nitrogens is 2. The van der Waals surface area contributed by atoms with Crippen molar-refractivity contribution in [3.8, 4) is 5.75 Å². The van der Waals surface area contributed by atoms with Gasteiger partial charge in [0.2, 0.25) is 5.91 Å². The van der Waals surface area contributed by atoms with E-state index in [0.717, 1.165) is 47.6 Å². The number of imidazole rings is 1. The fraction of sp³-hybridized carbons (Fsp3) is 0.391. The van der Waals surface area contributed by atoms with Crippen LogP contribution in [0.3, 0.4) is 0 Å². The summed E-state index contributed by atoms with van der Waals surface area (Å²) in [5.74, 6) is 2.41. The Morgan fingerprint density at radius 3 is 2.86 bits per heavy atom. The summed E-state index contributed by atoms with van der Waals surface area (Å²) in [6, 6.07) is 16.2. The van der Waals surface area contributed by atoms with E-state index in [2.05, 4.69) is 29.8 Å². The molecule has 1 N–H and O–H groups in total. The molecule has 1 atom stereocenters. The molecule has 146 valence electrons. The number of ether oxygens (including phenoxy) is 1. The Labute approximate surface area is 165 Å². The van der Waals surface area contributed by atoms with Crippen molar-refractivity contribution in [3.63, 3.8) is 0 Å². The molecule has 0 saturated carbocycles. The summed E-state index contributed by atoms with van der Waals surface area (Å²) >= 11 is 0. The van der Waals surface area contributed by atoms with Gasteiger partial charge in [0.15, 0.2) is 0 Å². The van der Waals surface area contributed by atoms with Crippen molar-refractivity contribution in [2.45, 2.75) is 51.6 Å². The molecule has 3 aromatic rings. The van der Waals surface area contributed by atoms with Crippen molar-refractivity contribution in [2.75, 3.05) is 6.61 Å². The SMILES string of the molecule is CC(C)c1nc2ccccc2n1CCCC(=O)N[C@@H]1CCOc2ccccc21. The van der Waals surface area contributed by atoms with E-state index in [1.54, 1.807) is 0 Å². The predicted molar refractivity (Wildman–Crippen MR) is 110 cm³/mol. The summed E-state index contributed by atoms with van der Waals surface area (Å²) < 4.78 is 7.94. The van der Waals surface area contributed by atoms with Crippen LogP contribution in [-0.2, 0) is 11.3 Å². The largest absolute Gasteiger partial charge is 0.493 e. The van der Waals surface area contributed by atoms with Crippen LogP contribution in [0.2, 0.25) is 0 Å². The molecule has 2 aromatic carbocycles. The standard InChI is InChI=1S/C23H27N3O2/c1-16(2)23-25-19-9-4-5-10-20(19)26(23)14-7-12-22(27)24-18-13-15-28-21-11-6-3-8-17(18)21/h3-6,8-11,16,18H,7,12-15H2,1-2H3,(H,24,27)/t18-/m1/s1. The molecule has 1 aromatic heterocycles. The highest BCUT2D eigenvalue weighted by molar-refractivity contribution is 5.77. The van der Waals surface area contributed by atoms with Crippen LogP contribution in [0, 0.1) is 0 Å². The van der Waals surface area contributed by atoms with Crippen LogP contribution in [-0.4, -0.2) is 22.1 Å². The highest BCUT2D eigenvalue weighted by Gasteiger charge is 2.22. The van der Waals surface area contributed by atoms with Crippen molar-refractivity contribution in [2.24, 2.45) is 0 Å². The number of nitrogens with zero attached hydrogens (tertiary/aromatic N) is 2. The monoisotopic (exact) mass is 377 g/mol. The second kappa shape index (κ2) is 8.05. The number of benzene rings is 2. The lowest BCUT2D eigenvalue weighted by atomic mass is 10.0. The average Bonchev–Trinajstić information content (AvgIpc) is 3.07. The quantitative estimate of drug-likeness (QED) is 0.684. The molecular weight excluding hydrogens is 350 g/mol. The molecule has 1 aliphatic heterocycles. The first-order valence-electron chi connectivity index (χ1n) is 10.1. The molecule has 5 nitrogen and oxygen atoms in total. The summed E-state index contributed by atoms with van der Waals surface area (Å²) in [6.45, 7) is 5.76. The second-order valence-corrected chi connectivity index (χ2v) is 7.66. The summed E-state index contributed by atoms with van der Waals surface area (Å²) in [5.41, 5.74) is 3.24. The Balaban J connectivity index is 1.39. The van der Waals surface area contributed by atoms with Crippen LogP contribution in [0.25, 0.3) is 11.0 Å². The molecule has 0 spiro atoms. The van der Waals surface area contributed by atoms with Crippen LogP contribution in [0.15, 0.2) is 48.5 Å². The van der Waals surface area contributed by atoms with Crippen molar-refractivity contribution >= 4 is 16.9 Å². The first kappa shape index (κ1) is 18.5. The van der Waals surface area contributed by atoms with Gasteiger partial charge in [-0.25, -0.2) is 4.98 Å². The van der Waals surface area contributed by atoms with E-state index in [1.165, 1.54) is 0 Å². The molecule has 0 fully saturated rings. The van der Waals surface area contributed by atoms with Crippen molar-refractivity contribution in [1.29, 1.82) is 0 Å². The second-order valence-electron chi connectivity index (χ2n) is 7.66. The van der Waals surface area contributed by atoms with Gasteiger partial charge in [-0.15, -0.1) is 0 Å². The van der Waals surface area contributed by atoms with E-state index in [1.807, 2.05) is 42.5 Å². The van der Waals surface area contributed by atoms with E-state index < -0.39 is 0 Å². The topological polar surface area (TPSA) is 56.2 Å². The molecule has 0 saturated heterocycles. The summed E-state index contributed by atoms with van der Waals surface area (Å²) in [6.07, 6.45) is 2.10. The van der Waals surface area contributed by atoms with Gasteiger partial charge in [-0.3, -0.25) is 4.79 Å². The summed E-state index contributed by atoms with van der Waals surface area (Å²) in [4.78, 5) is 17.3. The molecule has 0 bridgehead atoms. The molecule has 28 heavy (non-hydrogen) atoms. The van der Waals surface area contributed by atoms with Crippen molar-refractivity contribution in [3.05, 3.63) is 59.9 Å². The van der Waals surface area contributed by atoms with E-state index >= 15 is 0 Å². The van der Waals surface area contributed by atoms with Gasteiger partial charge in [0, 0.05) is 30.9 Å². The normalized spacial score (nSPS) is 16.0. The van der Waals surface area contributed by atoms with E-state index in [0.29, 0.717) is 18.9 Å². The number of carbonyl (C=O) groups excluding carboxylic acids is 1. The third kappa shape index (κ3) is 3.75. The lowest BCUT2D eigenvalue weighted by Gasteiger charge is -2.26. The number of hydrogen-bond donors (Lipinski definition) is 1. The predicted octanol–water partition coefficient (Wildman–Crippen LogP) is 4.58. The van der Waals surface area contributed by atoms with Crippen LogP contribution >= 0.6 is 0 Å². The Bertz CT molecular complexity index is 977. The van der Waals surface area contributed by atoms with Crippen LogP contribution in [0.4, 0.5) is 0 Å². The number of aryl methyl sites for hydroxylation is 1. The minimum Gasteiger partial charge on any atom is -0.493 e. The van der Waals surface area contributed by atoms with Gasteiger partial charge in [0.05, 0.1) is 23.7 Å². The number of para-hydroxylation sites is 3. The molecule has 4 rings (SSSR count). The first-order valence-corrected chi connectivity index (χ1v) is 10.1. The number of rotatable bonds is 6. The summed E-state index contributed by atoms with van der Waals surface area (Å²) in [7, 11) is 0. The van der Waals surface area contributed by atoms with Crippen LogP contribution < -0.4 is 10.1 Å². The number of carbonyl (C=O) groups is 1. The van der Waals surface area contributed by atoms with Crippen LogP contribution in [0.1, 0.15) is 56.5 Å². The maximum absolute atomic E-state index is 12.6. The summed E-state index contributed by atoms with van der Waals surface area (Å²) in [5, 5.41) is 3.19. The highest BCUT2D eigenvalue weighted by Crippen LogP contribution is 2.31. The molecule has 5 heteroatoms. The minimum atomic E-state index is 0.0396. The molecule has 1 amide bonds. The zero-order chi connectivity index (χ0) is 19.5. The van der Waals surface area contributed by atoms with Crippen molar-refractivity contribution < 1.29 is 9.53 Å². The smallest absolute Gasteiger partial charge is 0.220 e. The van der Waals surface area contributed by atoms with Gasteiger partial charge in [-0.2, -0.15) is 0 Å². The third-order valence-electron chi connectivity index (χ3n) is 5.28. The Kier molecular flexibility index (Phi) is 5.33. The highest BCUT2D eigenvalue weighted by atomic mass is 16.5. The minimum absolute atomic E-state index is 0.0396.